The summed E-state index contributed by atoms with van der Waals surface area (Å²) in [7, 11) is 1.54. The van der Waals surface area contributed by atoms with Crippen LogP contribution in [0.15, 0.2) is 30.6 Å². The van der Waals surface area contributed by atoms with Gasteiger partial charge in [0.05, 0.1) is 17.7 Å². The van der Waals surface area contributed by atoms with Crippen LogP contribution in [0.4, 0.5) is 15.9 Å². The Labute approximate surface area is 147 Å². The Morgan fingerprint density at radius 2 is 2.08 bits per heavy atom. The Kier molecular flexibility index (Phi) is 5.20. The number of carbonyl (C=O) groups excluding carboxylic acids is 1. The summed E-state index contributed by atoms with van der Waals surface area (Å²) in [6.07, 6.45) is 1.38. The van der Waals surface area contributed by atoms with Crippen molar-refractivity contribution in [3.63, 3.8) is 0 Å². The highest BCUT2D eigenvalue weighted by Gasteiger charge is 2.20. The molecule has 2 aromatic heterocycles. The van der Waals surface area contributed by atoms with Crippen molar-refractivity contribution in [1.82, 2.24) is 9.97 Å². The number of esters is 1. The van der Waals surface area contributed by atoms with Crippen molar-refractivity contribution in [3.05, 3.63) is 46.9 Å². The largest absolute Gasteiger partial charge is 0.459 e. The molecule has 25 heavy (non-hydrogen) atoms. The Morgan fingerprint density at radius 1 is 1.28 bits per heavy atom. The molecule has 130 valence electrons. The Hall–Kier alpha value is -2.58. The summed E-state index contributed by atoms with van der Waals surface area (Å²) in [5, 5.41) is 3.64. The molecule has 0 unspecified atom stereocenters. The van der Waals surface area contributed by atoms with E-state index in [0.717, 1.165) is 0 Å². The topological polar surface area (TPSA) is 73.3 Å². The number of ether oxygens (including phenoxy) is 2. The molecule has 1 aromatic carbocycles. The van der Waals surface area contributed by atoms with Gasteiger partial charge in [-0.3, -0.25) is 0 Å². The zero-order valence-corrected chi connectivity index (χ0v) is 14.5. The average molecular weight is 361 g/mol. The van der Waals surface area contributed by atoms with Crippen LogP contribution in [-0.2, 0) is 9.47 Å². The van der Waals surface area contributed by atoms with E-state index in [-0.39, 0.29) is 12.4 Å². The van der Waals surface area contributed by atoms with Gasteiger partial charge in [-0.05, 0) is 24.6 Å². The number of hydrogen-bond donors (Lipinski definition) is 1. The van der Waals surface area contributed by atoms with Crippen molar-refractivity contribution in [2.75, 3.05) is 25.6 Å². The van der Waals surface area contributed by atoms with E-state index in [1.54, 1.807) is 25.1 Å². The van der Waals surface area contributed by atoms with Crippen molar-refractivity contribution in [2.45, 2.75) is 6.92 Å². The Morgan fingerprint density at radius 3 is 2.84 bits per heavy atom. The molecule has 0 aliphatic carbocycles. The molecule has 2 heterocycles. The number of nitrogens with zero attached hydrogens (tertiary/aromatic N) is 2. The highest BCUT2D eigenvalue weighted by atomic mass is 32.1. The van der Waals surface area contributed by atoms with Gasteiger partial charge in [-0.2, -0.15) is 0 Å². The number of methoxy groups -OCH3 is 1. The number of anilines is 2. The van der Waals surface area contributed by atoms with E-state index in [9.17, 15) is 9.18 Å². The fourth-order valence-electron chi connectivity index (χ4n) is 2.33. The van der Waals surface area contributed by atoms with Crippen molar-refractivity contribution in [2.24, 2.45) is 0 Å². The standard InChI is InChI=1S/C17H16FN3O3S/c1-10-13-15(21-12-6-4-3-5-11(12)18)19-9-20-16(13)25-14(10)17(22)24-8-7-23-2/h3-6,9H,7-8H2,1-2H3,(H,19,20,21). The van der Waals surface area contributed by atoms with Gasteiger partial charge in [-0.1, -0.05) is 12.1 Å². The number of rotatable bonds is 6. The number of halogens is 1. The first-order valence-corrected chi connectivity index (χ1v) is 8.35. The quantitative estimate of drug-likeness (QED) is 0.533. The van der Waals surface area contributed by atoms with Gasteiger partial charge in [0.2, 0.25) is 0 Å². The maximum Gasteiger partial charge on any atom is 0.348 e. The van der Waals surface area contributed by atoms with E-state index in [4.69, 9.17) is 9.47 Å². The van der Waals surface area contributed by atoms with Crippen LogP contribution in [0.25, 0.3) is 10.2 Å². The smallest absolute Gasteiger partial charge is 0.348 e. The van der Waals surface area contributed by atoms with Crippen molar-refractivity contribution < 1.29 is 18.7 Å². The normalized spacial score (nSPS) is 10.8. The lowest BCUT2D eigenvalue weighted by Crippen LogP contribution is -2.09. The summed E-state index contributed by atoms with van der Waals surface area (Å²) in [5.74, 6) is -0.379. The molecule has 8 heteroatoms. The van der Waals surface area contributed by atoms with Gasteiger partial charge < -0.3 is 14.8 Å². The molecule has 3 aromatic rings. The summed E-state index contributed by atoms with van der Waals surface area (Å²) in [6.45, 7) is 2.30. The molecule has 3 rings (SSSR count). The zero-order valence-electron chi connectivity index (χ0n) is 13.7. The number of fused-ring (bicyclic) bond motifs is 1. The number of para-hydroxylation sites is 1. The summed E-state index contributed by atoms with van der Waals surface area (Å²) in [4.78, 5) is 21.7. The number of aromatic nitrogens is 2. The molecule has 0 radical (unpaired) electrons. The maximum atomic E-state index is 13.9. The predicted molar refractivity (Wildman–Crippen MR) is 94.0 cm³/mol. The van der Waals surface area contributed by atoms with E-state index < -0.39 is 5.97 Å². The second kappa shape index (κ2) is 7.54. The third-order valence-electron chi connectivity index (χ3n) is 3.56. The van der Waals surface area contributed by atoms with Gasteiger partial charge in [0.15, 0.2) is 0 Å². The molecular formula is C17H16FN3O3S. The van der Waals surface area contributed by atoms with Crippen LogP contribution < -0.4 is 5.32 Å². The molecule has 0 bridgehead atoms. The van der Waals surface area contributed by atoms with Crippen LogP contribution in [0.3, 0.4) is 0 Å². The van der Waals surface area contributed by atoms with Crippen LogP contribution in [0.2, 0.25) is 0 Å². The monoisotopic (exact) mass is 361 g/mol. The molecule has 0 spiro atoms. The van der Waals surface area contributed by atoms with E-state index in [2.05, 4.69) is 15.3 Å². The lowest BCUT2D eigenvalue weighted by molar-refractivity contribution is 0.0393. The van der Waals surface area contributed by atoms with Gasteiger partial charge in [0, 0.05) is 7.11 Å². The molecule has 1 N–H and O–H groups in total. The van der Waals surface area contributed by atoms with Crippen molar-refractivity contribution in [1.29, 1.82) is 0 Å². The van der Waals surface area contributed by atoms with Crippen LogP contribution in [0.1, 0.15) is 15.2 Å². The molecule has 0 aliphatic heterocycles. The molecule has 6 nitrogen and oxygen atoms in total. The summed E-state index contributed by atoms with van der Waals surface area (Å²) >= 11 is 1.22. The third-order valence-corrected chi connectivity index (χ3v) is 4.74. The molecule has 0 amide bonds. The fraction of sp³-hybridized carbons (Fsp3) is 0.235. The SMILES string of the molecule is COCCOC(=O)c1sc2ncnc(Nc3ccccc3F)c2c1C. The zero-order chi connectivity index (χ0) is 17.8. The fourth-order valence-corrected chi connectivity index (χ4v) is 3.38. The summed E-state index contributed by atoms with van der Waals surface area (Å²) in [5.41, 5.74) is 0.999. The second-order valence-electron chi connectivity index (χ2n) is 5.19. The minimum absolute atomic E-state index is 0.176. The summed E-state index contributed by atoms with van der Waals surface area (Å²) < 4.78 is 23.9. The molecule has 0 saturated carbocycles. The maximum absolute atomic E-state index is 13.9. The average Bonchev–Trinajstić information content (AvgIpc) is 2.95. The number of benzene rings is 1. The number of nitrogens with one attached hydrogen (secondary N) is 1. The Bertz CT molecular complexity index is 913. The third kappa shape index (κ3) is 3.59. The van der Waals surface area contributed by atoms with Crippen LogP contribution in [0, 0.1) is 12.7 Å². The first-order chi connectivity index (χ1) is 12.1. The number of hydrogen-bond acceptors (Lipinski definition) is 7. The lowest BCUT2D eigenvalue weighted by Gasteiger charge is -2.08. The molecule has 0 fully saturated rings. The summed E-state index contributed by atoms with van der Waals surface area (Å²) in [6, 6.07) is 6.31. The Balaban J connectivity index is 1.96. The van der Waals surface area contributed by atoms with E-state index in [1.807, 2.05) is 0 Å². The minimum atomic E-state index is -0.436. The first kappa shape index (κ1) is 17.2. The van der Waals surface area contributed by atoms with E-state index in [0.29, 0.717) is 38.8 Å². The van der Waals surface area contributed by atoms with Crippen LogP contribution in [-0.4, -0.2) is 36.3 Å². The van der Waals surface area contributed by atoms with Crippen LogP contribution in [0.5, 0.6) is 0 Å². The number of carbonyl (C=O) groups is 1. The lowest BCUT2D eigenvalue weighted by atomic mass is 10.2. The van der Waals surface area contributed by atoms with Gasteiger partial charge in [-0.15, -0.1) is 11.3 Å². The van der Waals surface area contributed by atoms with E-state index >= 15 is 0 Å². The van der Waals surface area contributed by atoms with Crippen molar-refractivity contribution >= 4 is 39.0 Å². The highest BCUT2D eigenvalue weighted by molar-refractivity contribution is 7.20. The second-order valence-corrected chi connectivity index (χ2v) is 6.19. The highest BCUT2D eigenvalue weighted by Crippen LogP contribution is 2.35. The van der Waals surface area contributed by atoms with Crippen LogP contribution >= 0.6 is 11.3 Å². The molecule has 0 aliphatic rings. The molecule has 0 atom stereocenters. The minimum Gasteiger partial charge on any atom is -0.459 e. The van der Waals surface area contributed by atoms with E-state index in [1.165, 1.54) is 30.8 Å². The number of aryl methyl sites for hydroxylation is 1. The van der Waals surface area contributed by atoms with Crippen molar-refractivity contribution in [3.8, 4) is 0 Å². The van der Waals surface area contributed by atoms with Gasteiger partial charge >= 0.3 is 5.97 Å². The van der Waals surface area contributed by atoms with Gasteiger partial charge in [0.25, 0.3) is 0 Å². The first-order valence-electron chi connectivity index (χ1n) is 7.53. The van der Waals surface area contributed by atoms with Gasteiger partial charge in [-0.25, -0.2) is 19.2 Å². The van der Waals surface area contributed by atoms with Gasteiger partial charge in [0.1, 0.15) is 34.3 Å². The molecule has 0 saturated heterocycles. The number of thiophene rings is 1. The molecular weight excluding hydrogens is 345 g/mol. The predicted octanol–water partition coefficient (Wildman–Crippen LogP) is 3.69.